The highest BCUT2D eigenvalue weighted by Gasteiger charge is 2.36. The first-order chi connectivity index (χ1) is 9.49. The van der Waals surface area contributed by atoms with Crippen LogP contribution in [-0.2, 0) is 0 Å². The van der Waals surface area contributed by atoms with Crippen molar-refractivity contribution in [3.63, 3.8) is 0 Å². The smallest absolute Gasteiger partial charge is 0.266 e. The van der Waals surface area contributed by atoms with E-state index < -0.39 is 0 Å². The molecule has 0 saturated carbocycles. The summed E-state index contributed by atoms with van der Waals surface area (Å²) < 4.78 is 0. The number of carbonyl (C=O) groups is 2. The lowest BCUT2D eigenvalue weighted by Crippen LogP contribution is -2.29. The van der Waals surface area contributed by atoms with Crippen LogP contribution in [0.15, 0.2) is 36.4 Å². The third-order valence-electron chi connectivity index (χ3n) is 3.48. The molecule has 20 heavy (non-hydrogen) atoms. The van der Waals surface area contributed by atoms with Crippen LogP contribution in [0.3, 0.4) is 0 Å². The summed E-state index contributed by atoms with van der Waals surface area (Å²) in [7, 11) is 0. The Balaban J connectivity index is 2.11. The fourth-order valence-electron chi connectivity index (χ4n) is 2.37. The van der Waals surface area contributed by atoms with Gasteiger partial charge in [0.05, 0.1) is 16.8 Å². The van der Waals surface area contributed by atoms with Gasteiger partial charge in [0.1, 0.15) is 5.75 Å². The average Bonchev–Trinajstić information content (AvgIpc) is 2.65. The number of imide groups is 1. The van der Waals surface area contributed by atoms with Crippen LogP contribution in [0.2, 0.25) is 0 Å². The first-order valence-electron chi connectivity index (χ1n) is 6.28. The van der Waals surface area contributed by atoms with Crippen molar-refractivity contribution in [2.24, 2.45) is 0 Å². The molecule has 0 radical (unpaired) electrons. The molecule has 1 aliphatic heterocycles. The second-order valence-electron chi connectivity index (χ2n) is 4.97. The molecule has 0 aliphatic carbocycles. The molecular weight excluding hydrogens is 254 g/mol. The van der Waals surface area contributed by atoms with Gasteiger partial charge in [-0.25, -0.2) is 4.90 Å². The summed E-state index contributed by atoms with van der Waals surface area (Å²) in [6.45, 7) is 3.60. The second kappa shape index (κ2) is 4.20. The molecule has 4 heteroatoms. The van der Waals surface area contributed by atoms with Gasteiger partial charge < -0.3 is 5.11 Å². The number of phenols is 1. The zero-order chi connectivity index (χ0) is 14.4. The maximum atomic E-state index is 12.4. The molecule has 3 rings (SSSR count). The summed E-state index contributed by atoms with van der Waals surface area (Å²) in [5.74, 6) is -0.505. The highest BCUT2D eigenvalue weighted by Crippen LogP contribution is 2.31. The number of nitrogens with zero attached hydrogens (tertiary/aromatic N) is 1. The summed E-state index contributed by atoms with van der Waals surface area (Å²) in [5.41, 5.74) is 2.89. The Morgan fingerprint density at radius 1 is 0.900 bits per heavy atom. The molecular formula is C16H13NO3. The number of aromatic hydroxyl groups is 1. The third kappa shape index (κ3) is 1.69. The van der Waals surface area contributed by atoms with E-state index in [0.717, 1.165) is 10.5 Å². The highest BCUT2D eigenvalue weighted by molar-refractivity contribution is 6.34. The van der Waals surface area contributed by atoms with E-state index in [9.17, 15) is 14.7 Å². The van der Waals surface area contributed by atoms with Crippen LogP contribution >= 0.6 is 0 Å². The van der Waals surface area contributed by atoms with Gasteiger partial charge in [0.15, 0.2) is 0 Å². The standard InChI is InChI=1S/C16H13NO3/c1-9-3-5-12-13(7-9)16(20)17(15(12)19)11-4-6-14(18)10(2)8-11/h3-8,18H,1-2H3. The van der Waals surface area contributed by atoms with Crippen LogP contribution in [0, 0.1) is 13.8 Å². The largest absolute Gasteiger partial charge is 0.508 e. The number of benzene rings is 2. The lowest BCUT2D eigenvalue weighted by Gasteiger charge is -2.14. The van der Waals surface area contributed by atoms with Gasteiger partial charge in [0.25, 0.3) is 11.8 Å². The number of aryl methyl sites for hydroxylation is 2. The predicted octanol–water partition coefficient (Wildman–Crippen LogP) is 2.81. The topological polar surface area (TPSA) is 57.6 Å². The fourth-order valence-corrected chi connectivity index (χ4v) is 2.37. The number of hydrogen-bond donors (Lipinski definition) is 1. The normalized spacial score (nSPS) is 13.8. The van der Waals surface area contributed by atoms with Crippen LogP contribution in [0.25, 0.3) is 0 Å². The highest BCUT2D eigenvalue weighted by atomic mass is 16.3. The SMILES string of the molecule is Cc1ccc2c(c1)C(=O)N(c1ccc(O)c(C)c1)C2=O. The quantitative estimate of drug-likeness (QED) is 0.808. The fraction of sp³-hybridized carbons (Fsp3) is 0.125. The van der Waals surface area contributed by atoms with Gasteiger partial charge in [-0.2, -0.15) is 0 Å². The van der Waals surface area contributed by atoms with E-state index in [-0.39, 0.29) is 17.6 Å². The minimum atomic E-state index is -0.324. The number of anilines is 1. The van der Waals surface area contributed by atoms with E-state index in [4.69, 9.17) is 0 Å². The Labute approximate surface area is 116 Å². The van der Waals surface area contributed by atoms with Crippen molar-refractivity contribution < 1.29 is 14.7 Å². The summed E-state index contributed by atoms with van der Waals surface area (Å²) in [6.07, 6.45) is 0. The van der Waals surface area contributed by atoms with Gasteiger partial charge in [-0.3, -0.25) is 9.59 Å². The Kier molecular flexibility index (Phi) is 2.61. The Bertz CT molecular complexity index is 749. The molecule has 2 aromatic carbocycles. The monoisotopic (exact) mass is 267 g/mol. The van der Waals surface area contributed by atoms with Crippen LogP contribution in [0.5, 0.6) is 5.75 Å². The third-order valence-corrected chi connectivity index (χ3v) is 3.48. The molecule has 100 valence electrons. The number of rotatable bonds is 1. The molecule has 0 fully saturated rings. The van der Waals surface area contributed by atoms with Crippen LogP contribution in [0.4, 0.5) is 5.69 Å². The van der Waals surface area contributed by atoms with Crippen LogP contribution < -0.4 is 4.90 Å². The molecule has 1 aliphatic rings. The first kappa shape index (κ1) is 12.4. The van der Waals surface area contributed by atoms with Crippen molar-refractivity contribution in [3.8, 4) is 5.75 Å². The summed E-state index contributed by atoms with van der Waals surface area (Å²) in [5, 5.41) is 9.54. The van der Waals surface area contributed by atoms with Gasteiger partial charge >= 0.3 is 0 Å². The molecule has 2 amide bonds. The summed E-state index contributed by atoms with van der Waals surface area (Å²) in [4.78, 5) is 25.9. The maximum absolute atomic E-state index is 12.4. The van der Waals surface area contributed by atoms with E-state index >= 15 is 0 Å². The number of amides is 2. The van der Waals surface area contributed by atoms with Crippen LogP contribution in [0.1, 0.15) is 31.8 Å². The van der Waals surface area contributed by atoms with Crippen molar-refractivity contribution in [2.45, 2.75) is 13.8 Å². The Morgan fingerprint density at radius 2 is 1.60 bits per heavy atom. The minimum Gasteiger partial charge on any atom is -0.508 e. The summed E-state index contributed by atoms with van der Waals surface area (Å²) in [6, 6.07) is 9.90. The Morgan fingerprint density at radius 3 is 2.30 bits per heavy atom. The van der Waals surface area contributed by atoms with Gasteiger partial charge in [-0.15, -0.1) is 0 Å². The van der Waals surface area contributed by atoms with Gasteiger partial charge in [0.2, 0.25) is 0 Å². The molecule has 0 aromatic heterocycles. The number of hydrogen-bond acceptors (Lipinski definition) is 3. The van der Waals surface area contributed by atoms with E-state index in [1.165, 1.54) is 6.07 Å². The van der Waals surface area contributed by atoms with E-state index in [0.29, 0.717) is 22.4 Å². The molecule has 0 saturated heterocycles. The Hall–Kier alpha value is -2.62. The lowest BCUT2D eigenvalue weighted by molar-refractivity contribution is 0.0926. The molecule has 1 heterocycles. The number of phenolic OH excluding ortho intramolecular Hbond substituents is 1. The zero-order valence-electron chi connectivity index (χ0n) is 11.2. The first-order valence-corrected chi connectivity index (χ1v) is 6.28. The summed E-state index contributed by atoms with van der Waals surface area (Å²) >= 11 is 0. The van der Waals surface area contributed by atoms with Crippen molar-refractivity contribution in [1.29, 1.82) is 0 Å². The average molecular weight is 267 g/mol. The molecule has 0 spiro atoms. The molecule has 0 unspecified atom stereocenters. The molecule has 4 nitrogen and oxygen atoms in total. The van der Waals surface area contributed by atoms with Crippen LogP contribution in [-0.4, -0.2) is 16.9 Å². The van der Waals surface area contributed by atoms with Crippen molar-refractivity contribution in [1.82, 2.24) is 0 Å². The second-order valence-corrected chi connectivity index (χ2v) is 4.97. The minimum absolute atomic E-state index is 0.140. The maximum Gasteiger partial charge on any atom is 0.266 e. The van der Waals surface area contributed by atoms with Crippen molar-refractivity contribution in [2.75, 3.05) is 4.90 Å². The van der Waals surface area contributed by atoms with E-state index in [1.54, 1.807) is 31.2 Å². The number of fused-ring (bicyclic) bond motifs is 1. The van der Waals surface area contributed by atoms with Crippen molar-refractivity contribution >= 4 is 17.5 Å². The number of carbonyl (C=O) groups excluding carboxylic acids is 2. The van der Waals surface area contributed by atoms with Crippen molar-refractivity contribution in [3.05, 3.63) is 58.7 Å². The van der Waals surface area contributed by atoms with Gasteiger partial charge in [-0.05, 0) is 49.7 Å². The molecule has 0 bridgehead atoms. The van der Waals surface area contributed by atoms with Gasteiger partial charge in [0, 0.05) is 0 Å². The molecule has 0 atom stereocenters. The lowest BCUT2D eigenvalue weighted by atomic mass is 10.1. The zero-order valence-corrected chi connectivity index (χ0v) is 11.2. The molecule has 1 N–H and O–H groups in total. The van der Waals surface area contributed by atoms with E-state index in [2.05, 4.69) is 0 Å². The molecule has 2 aromatic rings. The predicted molar refractivity (Wildman–Crippen MR) is 75.2 cm³/mol. The van der Waals surface area contributed by atoms with E-state index in [1.807, 2.05) is 13.0 Å². The van der Waals surface area contributed by atoms with Gasteiger partial charge in [-0.1, -0.05) is 11.6 Å².